The number of ether oxygens (including phenoxy) is 1. The molecule has 1 heterocycles. The van der Waals surface area contributed by atoms with Crippen molar-refractivity contribution in [1.82, 2.24) is 4.90 Å². The van der Waals surface area contributed by atoms with Gasteiger partial charge in [0.2, 0.25) is 5.91 Å². The van der Waals surface area contributed by atoms with Crippen LogP contribution in [0.25, 0.3) is 0 Å². The van der Waals surface area contributed by atoms with Gasteiger partial charge in [-0.05, 0) is 73.1 Å². The van der Waals surface area contributed by atoms with Gasteiger partial charge in [-0.1, -0.05) is 18.2 Å². The molecule has 1 saturated heterocycles. The van der Waals surface area contributed by atoms with E-state index < -0.39 is 0 Å². The fourth-order valence-corrected chi connectivity index (χ4v) is 4.97. The second-order valence-electron chi connectivity index (χ2n) is 7.09. The first-order valence-electron chi connectivity index (χ1n) is 9.42. The van der Waals surface area contributed by atoms with Crippen LogP contribution in [0, 0.1) is 0 Å². The maximum atomic E-state index is 12.9. The molecule has 2 aromatic rings. The molecule has 136 valence electrons. The number of amides is 1. The van der Waals surface area contributed by atoms with Gasteiger partial charge < -0.3 is 9.64 Å². The van der Waals surface area contributed by atoms with Crippen LogP contribution in [0.15, 0.2) is 47.4 Å². The van der Waals surface area contributed by atoms with Crippen LogP contribution in [0.2, 0.25) is 0 Å². The number of hydrogen-bond donors (Lipinski definition) is 0. The van der Waals surface area contributed by atoms with Gasteiger partial charge in [0.25, 0.3) is 0 Å². The third-order valence-electron chi connectivity index (χ3n) is 5.48. The number of nitrogens with zero attached hydrogens (tertiary/aromatic N) is 1. The Hall–Kier alpha value is -1.94. The van der Waals surface area contributed by atoms with Gasteiger partial charge >= 0.3 is 0 Å². The number of fused-ring (bicyclic) bond motifs is 1. The molecule has 26 heavy (non-hydrogen) atoms. The van der Waals surface area contributed by atoms with Gasteiger partial charge in [-0.25, -0.2) is 0 Å². The smallest absolute Gasteiger partial charge is 0.233 e. The topological polar surface area (TPSA) is 29.5 Å². The molecule has 1 unspecified atom stereocenters. The minimum atomic E-state index is 0.179. The standard InChI is InChI=1S/C22H25NO2S/c1-25-19-8-3-7-18(13-19)21-9-4-12-23(21)22(24)15-26-20-11-10-16-5-2-6-17(16)14-20/h3,7-8,10-11,13-14,21H,2,4-6,9,12,15H2,1H3. The average Bonchev–Trinajstić information content (AvgIpc) is 3.35. The summed E-state index contributed by atoms with van der Waals surface area (Å²) in [4.78, 5) is 16.1. The average molecular weight is 368 g/mol. The third kappa shape index (κ3) is 3.61. The highest BCUT2D eigenvalue weighted by Gasteiger charge is 2.30. The van der Waals surface area contributed by atoms with Crippen molar-refractivity contribution in [2.75, 3.05) is 19.4 Å². The molecule has 0 radical (unpaired) electrons. The Labute approximate surface area is 159 Å². The van der Waals surface area contributed by atoms with E-state index in [1.807, 2.05) is 12.1 Å². The molecule has 3 nitrogen and oxygen atoms in total. The molecule has 2 aliphatic rings. The lowest BCUT2D eigenvalue weighted by Crippen LogP contribution is -2.31. The molecule has 1 atom stereocenters. The fraction of sp³-hybridized carbons (Fsp3) is 0.409. The predicted octanol–water partition coefficient (Wildman–Crippen LogP) is 4.64. The highest BCUT2D eigenvalue weighted by molar-refractivity contribution is 8.00. The van der Waals surface area contributed by atoms with Crippen molar-refractivity contribution in [3.8, 4) is 5.75 Å². The minimum Gasteiger partial charge on any atom is -0.497 e. The summed E-state index contributed by atoms with van der Waals surface area (Å²) in [6, 6.07) is 15.0. The van der Waals surface area contributed by atoms with Crippen LogP contribution in [0.1, 0.15) is 42.0 Å². The Bertz CT molecular complexity index is 804. The fourth-order valence-electron chi connectivity index (χ4n) is 4.13. The number of carbonyl (C=O) groups excluding carboxylic acids is 1. The summed E-state index contributed by atoms with van der Waals surface area (Å²) in [6.45, 7) is 0.853. The van der Waals surface area contributed by atoms with E-state index in [0.29, 0.717) is 5.75 Å². The summed E-state index contributed by atoms with van der Waals surface area (Å²) in [5.41, 5.74) is 4.13. The van der Waals surface area contributed by atoms with Gasteiger partial charge in [-0.15, -0.1) is 11.8 Å². The van der Waals surface area contributed by atoms with Crippen molar-refractivity contribution in [3.05, 3.63) is 59.2 Å². The molecule has 0 saturated carbocycles. The molecule has 4 heteroatoms. The molecule has 0 spiro atoms. The van der Waals surface area contributed by atoms with Crippen molar-refractivity contribution in [2.24, 2.45) is 0 Å². The summed E-state index contributed by atoms with van der Waals surface area (Å²) in [5.74, 6) is 1.61. The van der Waals surface area contributed by atoms with E-state index >= 15 is 0 Å². The summed E-state index contributed by atoms with van der Waals surface area (Å²) >= 11 is 1.67. The van der Waals surface area contributed by atoms with E-state index in [1.165, 1.54) is 40.8 Å². The molecular weight excluding hydrogens is 342 g/mol. The Balaban J connectivity index is 1.42. The van der Waals surface area contributed by atoms with Gasteiger partial charge in [-0.2, -0.15) is 0 Å². The summed E-state index contributed by atoms with van der Waals surface area (Å²) < 4.78 is 5.34. The van der Waals surface area contributed by atoms with E-state index in [2.05, 4.69) is 35.2 Å². The largest absolute Gasteiger partial charge is 0.497 e. The van der Waals surface area contributed by atoms with E-state index in [9.17, 15) is 4.79 Å². The molecule has 2 aromatic carbocycles. The van der Waals surface area contributed by atoms with Crippen LogP contribution >= 0.6 is 11.8 Å². The van der Waals surface area contributed by atoms with E-state index in [1.54, 1.807) is 18.9 Å². The molecule has 0 N–H and O–H groups in total. The van der Waals surface area contributed by atoms with E-state index in [4.69, 9.17) is 4.74 Å². The van der Waals surface area contributed by atoms with Crippen molar-refractivity contribution in [2.45, 2.75) is 43.0 Å². The normalized spacial score (nSPS) is 18.8. The third-order valence-corrected chi connectivity index (χ3v) is 6.46. The van der Waals surface area contributed by atoms with Crippen LogP contribution in [0.4, 0.5) is 0 Å². The second-order valence-corrected chi connectivity index (χ2v) is 8.14. The second kappa shape index (κ2) is 7.75. The van der Waals surface area contributed by atoms with Crippen molar-refractivity contribution >= 4 is 17.7 Å². The maximum Gasteiger partial charge on any atom is 0.233 e. The summed E-state index contributed by atoms with van der Waals surface area (Å²) in [7, 11) is 1.68. The molecule has 1 aliphatic heterocycles. The van der Waals surface area contributed by atoms with Gasteiger partial charge in [0.05, 0.1) is 18.9 Å². The van der Waals surface area contributed by atoms with E-state index in [0.717, 1.165) is 25.1 Å². The van der Waals surface area contributed by atoms with Crippen LogP contribution in [-0.2, 0) is 17.6 Å². The lowest BCUT2D eigenvalue weighted by atomic mass is 10.0. The van der Waals surface area contributed by atoms with Crippen LogP contribution in [0.3, 0.4) is 0 Å². The molecule has 1 fully saturated rings. The van der Waals surface area contributed by atoms with Crippen molar-refractivity contribution < 1.29 is 9.53 Å². The molecule has 1 aliphatic carbocycles. The lowest BCUT2D eigenvalue weighted by Gasteiger charge is -2.25. The molecule has 4 rings (SSSR count). The first kappa shape index (κ1) is 17.5. The first-order valence-corrected chi connectivity index (χ1v) is 10.4. The van der Waals surface area contributed by atoms with Gasteiger partial charge in [0.15, 0.2) is 0 Å². The first-order chi connectivity index (χ1) is 12.7. The van der Waals surface area contributed by atoms with Crippen molar-refractivity contribution in [3.63, 3.8) is 0 Å². The van der Waals surface area contributed by atoms with Crippen LogP contribution < -0.4 is 4.74 Å². The van der Waals surface area contributed by atoms with Crippen LogP contribution in [-0.4, -0.2) is 30.2 Å². The minimum absolute atomic E-state index is 0.179. The lowest BCUT2D eigenvalue weighted by molar-refractivity contribution is -0.129. The monoisotopic (exact) mass is 367 g/mol. The number of hydrogen-bond acceptors (Lipinski definition) is 3. The number of aryl methyl sites for hydroxylation is 2. The Morgan fingerprint density at radius 1 is 1.15 bits per heavy atom. The summed E-state index contributed by atoms with van der Waals surface area (Å²) in [5, 5.41) is 0. The number of likely N-dealkylation sites (tertiary alicyclic amines) is 1. The molecule has 0 aromatic heterocycles. The summed E-state index contributed by atoms with van der Waals surface area (Å²) in [6.07, 6.45) is 5.74. The molecular formula is C22H25NO2S. The Morgan fingerprint density at radius 2 is 2.04 bits per heavy atom. The number of methoxy groups -OCH3 is 1. The Kier molecular flexibility index (Phi) is 5.21. The van der Waals surface area contributed by atoms with Crippen LogP contribution in [0.5, 0.6) is 5.75 Å². The van der Waals surface area contributed by atoms with E-state index in [-0.39, 0.29) is 11.9 Å². The number of benzene rings is 2. The number of rotatable bonds is 5. The number of thioether (sulfide) groups is 1. The van der Waals surface area contributed by atoms with Gasteiger partial charge in [0, 0.05) is 11.4 Å². The zero-order chi connectivity index (χ0) is 17.9. The SMILES string of the molecule is COc1cccc(C2CCCN2C(=O)CSc2ccc3c(c2)CCC3)c1. The molecule has 0 bridgehead atoms. The number of carbonyl (C=O) groups is 1. The predicted molar refractivity (Wildman–Crippen MR) is 106 cm³/mol. The zero-order valence-corrected chi connectivity index (χ0v) is 16.1. The quantitative estimate of drug-likeness (QED) is 0.721. The molecule has 1 amide bonds. The maximum absolute atomic E-state index is 12.9. The highest BCUT2D eigenvalue weighted by Crippen LogP contribution is 2.34. The van der Waals surface area contributed by atoms with Crippen molar-refractivity contribution in [1.29, 1.82) is 0 Å². The highest BCUT2D eigenvalue weighted by atomic mass is 32.2. The van der Waals surface area contributed by atoms with Gasteiger partial charge in [-0.3, -0.25) is 4.79 Å². The zero-order valence-electron chi connectivity index (χ0n) is 15.2. The Morgan fingerprint density at radius 3 is 2.92 bits per heavy atom. The van der Waals surface area contributed by atoms with Gasteiger partial charge in [0.1, 0.15) is 5.75 Å².